The van der Waals surface area contributed by atoms with Crippen LogP contribution in [0, 0.1) is 27.3 Å². The van der Waals surface area contributed by atoms with Crippen LogP contribution in [0.2, 0.25) is 0 Å². The van der Waals surface area contributed by atoms with Crippen LogP contribution >= 0.6 is 0 Å². The van der Waals surface area contributed by atoms with Crippen molar-refractivity contribution in [1.29, 1.82) is 5.26 Å². The Bertz CT molecular complexity index is 1160. The van der Waals surface area contributed by atoms with E-state index in [-0.39, 0.29) is 22.7 Å². The third kappa shape index (κ3) is 4.99. The van der Waals surface area contributed by atoms with Gasteiger partial charge in [-0.1, -0.05) is 0 Å². The van der Waals surface area contributed by atoms with Gasteiger partial charge in [-0.2, -0.15) is 10.4 Å². The molecule has 0 saturated carbocycles. The molecule has 0 aliphatic heterocycles. The summed E-state index contributed by atoms with van der Waals surface area (Å²) >= 11 is 0. The van der Waals surface area contributed by atoms with E-state index in [1.807, 2.05) is 0 Å². The molecule has 1 aromatic heterocycles. The average Bonchev–Trinajstić information content (AvgIpc) is 2.75. The molecule has 0 atom stereocenters. The van der Waals surface area contributed by atoms with Gasteiger partial charge in [0.1, 0.15) is 17.8 Å². The molecule has 1 heterocycles. The number of hydrazone groups is 1. The minimum Gasteiger partial charge on any atom is -0.439 e. The van der Waals surface area contributed by atoms with Crippen molar-refractivity contribution in [2.24, 2.45) is 5.10 Å². The number of aromatic nitrogens is 1. The standard InChI is InChI=1S/C20H12FN5O4/c21-18-9-14(10-22)3-7-17(18)20(27)25-24-11-13-1-5-16(6-2-13)30-19-8-4-15(12-23-19)26(28)29/h1-9,11-12H,(H,25,27)/b24-11+. The molecular formula is C20H12FN5O4. The van der Waals surface area contributed by atoms with Crippen LogP contribution in [0.15, 0.2) is 65.9 Å². The number of hydrogen-bond donors (Lipinski definition) is 1. The second-order valence-electron chi connectivity index (χ2n) is 5.79. The Morgan fingerprint density at radius 3 is 2.60 bits per heavy atom. The lowest BCUT2D eigenvalue weighted by Crippen LogP contribution is -2.19. The lowest BCUT2D eigenvalue weighted by Gasteiger charge is -2.04. The monoisotopic (exact) mass is 405 g/mol. The molecule has 0 fully saturated rings. The normalized spacial score (nSPS) is 10.4. The van der Waals surface area contributed by atoms with Gasteiger partial charge in [0.25, 0.3) is 11.6 Å². The molecule has 3 aromatic rings. The van der Waals surface area contributed by atoms with Gasteiger partial charge in [-0.3, -0.25) is 14.9 Å². The zero-order valence-corrected chi connectivity index (χ0v) is 15.2. The fraction of sp³-hybridized carbons (Fsp3) is 0. The first kappa shape index (κ1) is 20.1. The average molecular weight is 405 g/mol. The van der Waals surface area contributed by atoms with Crippen molar-refractivity contribution in [1.82, 2.24) is 10.4 Å². The lowest BCUT2D eigenvalue weighted by molar-refractivity contribution is -0.385. The summed E-state index contributed by atoms with van der Waals surface area (Å²) in [5, 5.41) is 23.1. The Kier molecular flexibility index (Phi) is 6.05. The van der Waals surface area contributed by atoms with E-state index in [9.17, 15) is 19.3 Å². The zero-order chi connectivity index (χ0) is 21.5. The summed E-state index contributed by atoms with van der Waals surface area (Å²) in [7, 11) is 0. The molecule has 0 unspecified atom stereocenters. The summed E-state index contributed by atoms with van der Waals surface area (Å²) in [5.41, 5.74) is 2.57. The third-order valence-corrected chi connectivity index (χ3v) is 3.76. The van der Waals surface area contributed by atoms with Gasteiger partial charge in [0.15, 0.2) is 0 Å². The number of benzene rings is 2. The second-order valence-corrected chi connectivity index (χ2v) is 5.79. The summed E-state index contributed by atoms with van der Waals surface area (Å²) in [6.45, 7) is 0. The highest BCUT2D eigenvalue weighted by Gasteiger charge is 2.11. The molecule has 9 nitrogen and oxygen atoms in total. The predicted octanol–water partition coefficient (Wildman–Crippen LogP) is 3.56. The van der Waals surface area contributed by atoms with Crippen LogP contribution in [0.3, 0.4) is 0 Å². The van der Waals surface area contributed by atoms with Crippen molar-refractivity contribution >= 4 is 17.8 Å². The number of nitrogens with one attached hydrogen (secondary N) is 1. The molecule has 2 aromatic carbocycles. The topological polar surface area (TPSA) is 131 Å². The number of nitrogens with zero attached hydrogens (tertiary/aromatic N) is 4. The molecule has 0 aliphatic rings. The maximum Gasteiger partial charge on any atom is 0.287 e. The van der Waals surface area contributed by atoms with Gasteiger partial charge in [0.05, 0.1) is 28.3 Å². The first-order chi connectivity index (χ1) is 14.5. The maximum atomic E-state index is 13.8. The number of ether oxygens (including phenoxy) is 1. The van der Waals surface area contributed by atoms with Crippen LogP contribution in [0.25, 0.3) is 0 Å². The van der Waals surface area contributed by atoms with Gasteiger partial charge in [0.2, 0.25) is 5.88 Å². The van der Waals surface area contributed by atoms with Crippen LogP contribution < -0.4 is 10.2 Å². The SMILES string of the molecule is N#Cc1ccc(C(=O)N/N=C/c2ccc(Oc3ccc([N+](=O)[O-])cn3)cc2)c(F)c1. The van der Waals surface area contributed by atoms with E-state index >= 15 is 0 Å². The zero-order valence-electron chi connectivity index (χ0n) is 15.2. The van der Waals surface area contributed by atoms with Crippen LogP contribution in [-0.2, 0) is 0 Å². The molecule has 0 saturated heterocycles. The van der Waals surface area contributed by atoms with Gasteiger partial charge in [0, 0.05) is 12.1 Å². The number of rotatable bonds is 6. The number of carbonyl (C=O) groups excluding carboxylic acids is 1. The molecule has 30 heavy (non-hydrogen) atoms. The highest BCUT2D eigenvalue weighted by Crippen LogP contribution is 2.21. The van der Waals surface area contributed by atoms with E-state index in [1.54, 1.807) is 30.3 Å². The van der Waals surface area contributed by atoms with Crippen molar-refractivity contribution in [3.05, 3.63) is 93.4 Å². The van der Waals surface area contributed by atoms with Crippen LogP contribution in [0.1, 0.15) is 21.5 Å². The molecule has 148 valence electrons. The predicted molar refractivity (Wildman–Crippen MR) is 104 cm³/mol. The number of nitriles is 1. The summed E-state index contributed by atoms with van der Waals surface area (Å²) in [4.78, 5) is 25.9. The van der Waals surface area contributed by atoms with Gasteiger partial charge in [-0.15, -0.1) is 0 Å². The lowest BCUT2D eigenvalue weighted by atomic mass is 10.1. The van der Waals surface area contributed by atoms with Crippen molar-refractivity contribution in [3.63, 3.8) is 0 Å². The summed E-state index contributed by atoms with van der Waals surface area (Å²) in [6.07, 6.45) is 2.45. The number of carbonyl (C=O) groups is 1. The van der Waals surface area contributed by atoms with Gasteiger partial charge in [-0.05, 0) is 48.0 Å². The minimum atomic E-state index is -0.817. The Balaban J connectivity index is 1.58. The number of amides is 1. The molecule has 10 heteroatoms. The fourth-order valence-electron chi connectivity index (χ4n) is 2.28. The van der Waals surface area contributed by atoms with Crippen molar-refractivity contribution in [3.8, 4) is 17.7 Å². The molecule has 3 rings (SSSR count). The Morgan fingerprint density at radius 2 is 2.00 bits per heavy atom. The Hall–Kier alpha value is -4.65. The Labute approximate surface area is 169 Å². The van der Waals surface area contributed by atoms with Gasteiger partial charge in [-0.25, -0.2) is 14.8 Å². The molecule has 0 radical (unpaired) electrons. The molecule has 1 amide bonds. The van der Waals surface area contributed by atoms with Crippen LogP contribution in [0.4, 0.5) is 10.1 Å². The van der Waals surface area contributed by atoms with E-state index in [0.29, 0.717) is 11.3 Å². The van der Waals surface area contributed by atoms with Crippen LogP contribution in [0.5, 0.6) is 11.6 Å². The highest BCUT2D eigenvalue weighted by molar-refractivity contribution is 5.95. The summed E-state index contributed by atoms with van der Waals surface area (Å²) in [6, 6.07) is 14.5. The molecule has 0 bridgehead atoms. The first-order valence-electron chi connectivity index (χ1n) is 8.37. The summed E-state index contributed by atoms with van der Waals surface area (Å²) in [5.74, 6) is -0.934. The molecule has 1 N–H and O–H groups in total. The number of nitro groups is 1. The smallest absolute Gasteiger partial charge is 0.287 e. The van der Waals surface area contributed by atoms with Crippen LogP contribution in [-0.4, -0.2) is 22.0 Å². The van der Waals surface area contributed by atoms with Crippen molar-refractivity contribution < 1.29 is 18.8 Å². The second kappa shape index (κ2) is 9.03. The number of hydrogen-bond acceptors (Lipinski definition) is 7. The number of halogens is 1. The highest BCUT2D eigenvalue weighted by atomic mass is 19.1. The van der Waals surface area contributed by atoms with E-state index in [0.717, 1.165) is 12.3 Å². The minimum absolute atomic E-state index is 0.110. The van der Waals surface area contributed by atoms with E-state index < -0.39 is 16.6 Å². The maximum absolute atomic E-state index is 13.8. The van der Waals surface area contributed by atoms with E-state index in [1.165, 1.54) is 30.5 Å². The Morgan fingerprint density at radius 1 is 1.23 bits per heavy atom. The third-order valence-electron chi connectivity index (χ3n) is 3.76. The van der Waals surface area contributed by atoms with Gasteiger partial charge < -0.3 is 4.74 Å². The van der Waals surface area contributed by atoms with Crippen molar-refractivity contribution in [2.75, 3.05) is 0 Å². The molecular weight excluding hydrogens is 393 g/mol. The molecule has 0 spiro atoms. The largest absolute Gasteiger partial charge is 0.439 e. The molecule has 0 aliphatic carbocycles. The fourth-order valence-corrected chi connectivity index (χ4v) is 2.28. The summed E-state index contributed by atoms with van der Waals surface area (Å²) < 4.78 is 19.3. The first-order valence-corrected chi connectivity index (χ1v) is 8.37. The quantitative estimate of drug-likeness (QED) is 0.379. The number of pyridine rings is 1. The van der Waals surface area contributed by atoms with Gasteiger partial charge >= 0.3 is 0 Å². The van der Waals surface area contributed by atoms with E-state index in [4.69, 9.17) is 10.00 Å². The van der Waals surface area contributed by atoms with Crippen molar-refractivity contribution in [2.45, 2.75) is 0 Å². The van der Waals surface area contributed by atoms with E-state index in [2.05, 4.69) is 15.5 Å².